The lowest BCUT2D eigenvalue weighted by molar-refractivity contribution is 0.340. The van der Waals surface area contributed by atoms with Crippen LogP contribution in [0.3, 0.4) is 0 Å². The molecular formula is C19H21BrO. The van der Waals surface area contributed by atoms with Gasteiger partial charge in [0.2, 0.25) is 0 Å². The maximum Gasteiger partial charge on any atom is 0.119 e. The first-order valence-corrected chi connectivity index (χ1v) is 8.57. The fourth-order valence-corrected chi connectivity index (χ4v) is 3.72. The third-order valence-corrected chi connectivity index (χ3v) is 4.61. The van der Waals surface area contributed by atoms with Crippen molar-refractivity contribution in [1.29, 1.82) is 0 Å². The van der Waals surface area contributed by atoms with Crippen molar-refractivity contribution in [3.05, 3.63) is 63.1 Å². The number of hydrogen-bond donors (Lipinski definition) is 0. The number of rotatable bonds is 4. The molecule has 0 amide bonds. The average molecular weight is 345 g/mol. The van der Waals surface area contributed by atoms with Crippen molar-refractivity contribution < 1.29 is 4.74 Å². The molecule has 0 atom stereocenters. The van der Waals surface area contributed by atoms with E-state index in [-0.39, 0.29) is 0 Å². The molecule has 0 aliphatic heterocycles. The molecule has 110 valence electrons. The van der Waals surface area contributed by atoms with Gasteiger partial charge in [-0.05, 0) is 85.5 Å². The Morgan fingerprint density at radius 2 is 1.81 bits per heavy atom. The van der Waals surface area contributed by atoms with Crippen LogP contribution in [0.1, 0.15) is 42.0 Å². The minimum absolute atomic E-state index is 0.721. The van der Waals surface area contributed by atoms with E-state index >= 15 is 0 Å². The lowest BCUT2D eigenvalue weighted by atomic mass is 9.86. The minimum atomic E-state index is 0.721. The summed E-state index contributed by atoms with van der Waals surface area (Å²) in [7, 11) is 0. The predicted octanol–water partition coefficient (Wildman–Crippen LogP) is 5.32. The first-order valence-electron chi connectivity index (χ1n) is 7.78. The molecule has 0 saturated carbocycles. The van der Waals surface area contributed by atoms with Gasteiger partial charge in [0, 0.05) is 4.47 Å². The lowest BCUT2D eigenvalue weighted by Gasteiger charge is -2.20. The second-order valence-electron chi connectivity index (χ2n) is 5.66. The van der Waals surface area contributed by atoms with Crippen LogP contribution in [0, 0.1) is 0 Å². The van der Waals surface area contributed by atoms with Gasteiger partial charge in [-0.15, -0.1) is 0 Å². The Bertz CT molecular complexity index is 616. The van der Waals surface area contributed by atoms with Gasteiger partial charge < -0.3 is 4.74 Å². The molecule has 0 N–H and O–H groups in total. The van der Waals surface area contributed by atoms with Crippen LogP contribution >= 0.6 is 15.9 Å². The average Bonchev–Trinajstić information content (AvgIpc) is 2.49. The number of halogens is 1. The summed E-state index contributed by atoms with van der Waals surface area (Å²) in [5.41, 5.74) is 5.95. The van der Waals surface area contributed by atoms with Gasteiger partial charge in [0.25, 0.3) is 0 Å². The molecule has 2 aromatic rings. The smallest absolute Gasteiger partial charge is 0.119 e. The van der Waals surface area contributed by atoms with E-state index in [0.717, 1.165) is 18.8 Å². The first kappa shape index (κ1) is 14.6. The third kappa shape index (κ3) is 3.49. The Morgan fingerprint density at radius 1 is 1.05 bits per heavy atom. The van der Waals surface area contributed by atoms with E-state index in [1.165, 1.54) is 46.8 Å². The lowest BCUT2D eigenvalue weighted by Crippen LogP contribution is -2.07. The van der Waals surface area contributed by atoms with Crippen molar-refractivity contribution in [2.75, 3.05) is 6.61 Å². The van der Waals surface area contributed by atoms with E-state index in [9.17, 15) is 0 Å². The SMILES string of the molecule is CCOc1ccc(Cc2cc(Br)cc3c2CCCC3)cc1. The Hall–Kier alpha value is -1.28. The quantitative estimate of drug-likeness (QED) is 0.729. The molecule has 1 aliphatic rings. The molecule has 3 rings (SSSR count). The topological polar surface area (TPSA) is 9.23 Å². The van der Waals surface area contributed by atoms with Gasteiger partial charge in [-0.2, -0.15) is 0 Å². The highest BCUT2D eigenvalue weighted by Gasteiger charge is 2.14. The fraction of sp³-hybridized carbons (Fsp3) is 0.368. The molecule has 2 aromatic carbocycles. The van der Waals surface area contributed by atoms with Crippen molar-refractivity contribution in [3.63, 3.8) is 0 Å². The Balaban J connectivity index is 1.85. The monoisotopic (exact) mass is 344 g/mol. The van der Waals surface area contributed by atoms with Crippen molar-refractivity contribution in [1.82, 2.24) is 0 Å². The fourth-order valence-electron chi connectivity index (χ4n) is 3.16. The summed E-state index contributed by atoms with van der Waals surface area (Å²) in [4.78, 5) is 0. The number of hydrogen-bond acceptors (Lipinski definition) is 1. The Morgan fingerprint density at radius 3 is 2.57 bits per heavy atom. The van der Waals surface area contributed by atoms with Crippen molar-refractivity contribution in [2.24, 2.45) is 0 Å². The molecule has 0 spiro atoms. The molecule has 0 fully saturated rings. The second kappa shape index (κ2) is 6.65. The summed E-state index contributed by atoms with van der Waals surface area (Å²) >= 11 is 3.67. The highest BCUT2D eigenvalue weighted by Crippen LogP contribution is 2.30. The van der Waals surface area contributed by atoms with Crippen LogP contribution in [-0.2, 0) is 19.3 Å². The van der Waals surface area contributed by atoms with Crippen LogP contribution in [0.4, 0.5) is 0 Å². The normalized spacial score (nSPS) is 13.8. The molecule has 0 unspecified atom stereocenters. The van der Waals surface area contributed by atoms with Gasteiger partial charge in [0.05, 0.1) is 6.61 Å². The zero-order chi connectivity index (χ0) is 14.7. The van der Waals surface area contributed by atoms with E-state index in [4.69, 9.17) is 4.74 Å². The number of aryl methyl sites for hydroxylation is 1. The summed E-state index contributed by atoms with van der Waals surface area (Å²) in [5, 5.41) is 0. The molecule has 21 heavy (non-hydrogen) atoms. The molecule has 1 aliphatic carbocycles. The van der Waals surface area contributed by atoms with Crippen LogP contribution in [-0.4, -0.2) is 6.61 Å². The third-order valence-electron chi connectivity index (χ3n) is 4.15. The zero-order valence-electron chi connectivity index (χ0n) is 12.5. The van der Waals surface area contributed by atoms with E-state index in [0.29, 0.717) is 0 Å². The van der Waals surface area contributed by atoms with Crippen LogP contribution in [0.2, 0.25) is 0 Å². The Labute approximate surface area is 135 Å². The summed E-state index contributed by atoms with van der Waals surface area (Å²) in [6, 6.07) is 13.1. The second-order valence-corrected chi connectivity index (χ2v) is 6.58. The standard InChI is InChI=1S/C19H21BrO/c1-2-21-18-9-7-14(8-10-18)11-16-13-17(20)12-15-5-3-4-6-19(15)16/h7-10,12-13H,2-6,11H2,1H3. The van der Waals surface area contributed by atoms with Crippen molar-refractivity contribution >= 4 is 15.9 Å². The molecule has 1 nitrogen and oxygen atoms in total. The van der Waals surface area contributed by atoms with Gasteiger partial charge in [-0.25, -0.2) is 0 Å². The maximum atomic E-state index is 5.51. The summed E-state index contributed by atoms with van der Waals surface area (Å²) in [6.45, 7) is 2.74. The predicted molar refractivity (Wildman–Crippen MR) is 91.2 cm³/mol. The maximum absolute atomic E-state index is 5.51. The number of benzene rings is 2. The van der Waals surface area contributed by atoms with Gasteiger partial charge >= 0.3 is 0 Å². The molecule has 0 aromatic heterocycles. The van der Waals surface area contributed by atoms with Crippen molar-refractivity contribution in [3.8, 4) is 5.75 Å². The molecule has 0 saturated heterocycles. The van der Waals surface area contributed by atoms with E-state index < -0.39 is 0 Å². The van der Waals surface area contributed by atoms with Crippen LogP contribution in [0.15, 0.2) is 40.9 Å². The van der Waals surface area contributed by atoms with Crippen LogP contribution in [0.5, 0.6) is 5.75 Å². The van der Waals surface area contributed by atoms with E-state index in [1.807, 2.05) is 6.92 Å². The minimum Gasteiger partial charge on any atom is -0.494 e. The molecule has 0 radical (unpaired) electrons. The molecule has 2 heteroatoms. The number of fused-ring (bicyclic) bond motifs is 1. The highest BCUT2D eigenvalue weighted by atomic mass is 79.9. The van der Waals surface area contributed by atoms with Crippen LogP contribution < -0.4 is 4.74 Å². The number of ether oxygens (including phenoxy) is 1. The molecular weight excluding hydrogens is 324 g/mol. The van der Waals surface area contributed by atoms with Gasteiger partial charge in [-0.3, -0.25) is 0 Å². The van der Waals surface area contributed by atoms with E-state index in [2.05, 4.69) is 52.3 Å². The Kier molecular flexibility index (Phi) is 4.64. The van der Waals surface area contributed by atoms with Gasteiger partial charge in [0.1, 0.15) is 5.75 Å². The summed E-state index contributed by atoms with van der Waals surface area (Å²) in [6.07, 6.45) is 6.12. The summed E-state index contributed by atoms with van der Waals surface area (Å²) < 4.78 is 6.73. The summed E-state index contributed by atoms with van der Waals surface area (Å²) in [5.74, 6) is 0.956. The van der Waals surface area contributed by atoms with Gasteiger partial charge in [-0.1, -0.05) is 28.1 Å². The van der Waals surface area contributed by atoms with Gasteiger partial charge in [0.15, 0.2) is 0 Å². The molecule has 0 heterocycles. The first-order chi connectivity index (χ1) is 10.3. The zero-order valence-corrected chi connectivity index (χ0v) is 14.1. The largest absolute Gasteiger partial charge is 0.494 e. The highest BCUT2D eigenvalue weighted by molar-refractivity contribution is 9.10. The van der Waals surface area contributed by atoms with E-state index in [1.54, 1.807) is 5.56 Å². The van der Waals surface area contributed by atoms with Crippen molar-refractivity contribution in [2.45, 2.75) is 39.0 Å². The van der Waals surface area contributed by atoms with Crippen LogP contribution in [0.25, 0.3) is 0 Å². The molecule has 0 bridgehead atoms.